The van der Waals surface area contributed by atoms with Crippen molar-refractivity contribution in [1.82, 2.24) is 5.32 Å². The second-order valence-electron chi connectivity index (χ2n) is 6.76. The van der Waals surface area contributed by atoms with Crippen LogP contribution in [0.2, 0.25) is 0 Å². The van der Waals surface area contributed by atoms with Crippen LogP contribution < -0.4 is 11.1 Å². The Labute approximate surface area is 110 Å². The van der Waals surface area contributed by atoms with Gasteiger partial charge in [0, 0.05) is 18.5 Å². The van der Waals surface area contributed by atoms with Crippen LogP contribution >= 0.6 is 0 Å². The highest BCUT2D eigenvalue weighted by Crippen LogP contribution is 2.40. The molecule has 3 aliphatic carbocycles. The van der Waals surface area contributed by atoms with Gasteiger partial charge in [0.05, 0.1) is 0 Å². The number of nitrogens with one attached hydrogen (secondary N) is 1. The summed E-state index contributed by atoms with van der Waals surface area (Å²) in [6.45, 7) is 0. The molecule has 3 fully saturated rings. The Kier molecular flexibility index (Phi) is 3.60. The van der Waals surface area contributed by atoms with Crippen molar-refractivity contribution in [2.24, 2.45) is 23.5 Å². The number of amides is 1. The molecule has 3 rings (SSSR count). The highest BCUT2D eigenvalue weighted by molar-refractivity contribution is 5.76. The predicted molar refractivity (Wildman–Crippen MR) is 71.9 cm³/mol. The maximum absolute atomic E-state index is 12.0. The van der Waals surface area contributed by atoms with Gasteiger partial charge in [-0.2, -0.15) is 0 Å². The molecule has 1 amide bonds. The van der Waals surface area contributed by atoms with Crippen LogP contribution in [0.5, 0.6) is 0 Å². The topological polar surface area (TPSA) is 55.1 Å². The van der Waals surface area contributed by atoms with E-state index in [1.807, 2.05) is 0 Å². The lowest BCUT2D eigenvalue weighted by molar-refractivity contribution is -0.123. The maximum Gasteiger partial charge on any atom is 0.220 e. The lowest BCUT2D eigenvalue weighted by atomic mass is 9.67. The van der Waals surface area contributed by atoms with Crippen molar-refractivity contribution in [2.45, 2.75) is 69.9 Å². The first-order chi connectivity index (χ1) is 8.72. The summed E-state index contributed by atoms with van der Waals surface area (Å²) >= 11 is 0. The Balaban J connectivity index is 1.52. The van der Waals surface area contributed by atoms with Crippen molar-refractivity contribution in [3.05, 3.63) is 0 Å². The van der Waals surface area contributed by atoms with Gasteiger partial charge in [-0.3, -0.25) is 4.79 Å². The Morgan fingerprint density at radius 3 is 2.39 bits per heavy atom. The number of carbonyl (C=O) groups is 1. The molecule has 102 valence electrons. The van der Waals surface area contributed by atoms with Gasteiger partial charge in [-0.1, -0.05) is 19.3 Å². The second-order valence-corrected chi connectivity index (χ2v) is 6.76. The molecule has 2 atom stereocenters. The van der Waals surface area contributed by atoms with Crippen LogP contribution in [0, 0.1) is 17.8 Å². The molecule has 0 aromatic carbocycles. The molecule has 3 nitrogen and oxygen atoms in total. The molecule has 2 unspecified atom stereocenters. The Morgan fingerprint density at radius 1 is 1.11 bits per heavy atom. The zero-order chi connectivity index (χ0) is 12.5. The van der Waals surface area contributed by atoms with E-state index in [1.165, 1.54) is 32.1 Å². The molecule has 3 saturated carbocycles. The van der Waals surface area contributed by atoms with E-state index in [1.54, 1.807) is 0 Å². The summed E-state index contributed by atoms with van der Waals surface area (Å²) in [6.07, 6.45) is 10.6. The Morgan fingerprint density at radius 2 is 1.78 bits per heavy atom. The molecule has 0 heterocycles. The summed E-state index contributed by atoms with van der Waals surface area (Å²) in [5.41, 5.74) is 6.11. The fourth-order valence-electron chi connectivity index (χ4n) is 4.02. The largest absolute Gasteiger partial charge is 0.353 e. The maximum atomic E-state index is 12.0. The van der Waals surface area contributed by atoms with E-state index in [0.29, 0.717) is 29.8 Å². The van der Waals surface area contributed by atoms with Crippen molar-refractivity contribution in [3.63, 3.8) is 0 Å². The van der Waals surface area contributed by atoms with E-state index in [9.17, 15) is 4.79 Å². The van der Waals surface area contributed by atoms with Gasteiger partial charge in [0.1, 0.15) is 0 Å². The molecule has 18 heavy (non-hydrogen) atoms. The second kappa shape index (κ2) is 5.20. The molecular weight excluding hydrogens is 224 g/mol. The van der Waals surface area contributed by atoms with Crippen LogP contribution in [0.25, 0.3) is 0 Å². The van der Waals surface area contributed by atoms with Gasteiger partial charge in [0.15, 0.2) is 0 Å². The molecule has 0 aromatic rings. The highest BCUT2D eigenvalue weighted by Gasteiger charge is 2.39. The number of hydrogen-bond donors (Lipinski definition) is 2. The fourth-order valence-corrected chi connectivity index (χ4v) is 4.02. The summed E-state index contributed by atoms with van der Waals surface area (Å²) in [4.78, 5) is 12.0. The fraction of sp³-hybridized carbons (Fsp3) is 0.933. The van der Waals surface area contributed by atoms with Crippen LogP contribution in [0.4, 0.5) is 0 Å². The Bertz CT molecular complexity index is 300. The van der Waals surface area contributed by atoms with E-state index >= 15 is 0 Å². The van der Waals surface area contributed by atoms with Gasteiger partial charge in [-0.15, -0.1) is 0 Å². The summed E-state index contributed by atoms with van der Waals surface area (Å²) in [6, 6.07) is 0.810. The number of hydrogen-bond acceptors (Lipinski definition) is 2. The molecular formula is C15H26N2O. The summed E-state index contributed by atoms with van der Waals surface area (Å²) < 4.78 is 0. The monoisotopic (exact) mass is 250 g/mol. The minimum absolute atomic E-state index is 0.291. The predicted octanol–water partition coefficient (Wildman–Crippen LogP) is 2.20. The third-order valence-electron chi connectivity index (χ3n) is 5.18. The van der Waals surface area contributed by atoms with E-state index in [0.717, 1.165) is 31.6 Å². The van der Waals surface area contributed by atoms with Crippen molar-refractivity contribution < 1.29 is 4.79 Å². The van der Waals surface area contributed by atoms with Crippen molar-refractivity contribution in [3.8, 4) is 0 Å². The molecule has 0 radical (unpaired) electrons. The molecule has 3 aliphatic rings. The van der Waals surface area contributed by atoms with Gasteiger partial charge < -0.3 is 11.1 Å². The third-order valence-corrected chi connectivity index (χ3v) is 5.18. The molecule has 0 saturated heterocycles. The van der Waals surface area contributed by atoms with Crippen LogP contribution in [0.1, 0.15) is 57.8 Å². The lowest BCUT2D eigenvalue weighted by Crippen LogP contribution is -2.53. The molecule has 0 spiro atoms. The summed E-state index contributed by atoms with van der Waals surface area (Å²) in [5.74, 6) is 2.45. The lowest BCUT2D eigenvalue weighted by Gasteiger charge is -2.45. The van der Waals surface area contributed by atoms with Crippen molar-refractivity contribution in [2.75, 3.05) is 0 Å². The molecule has 3 N–H and O–H groups in total. The standard InChI is InChI=1S/C15H26N2O/c16-13-8-11-2-1-3-12(9-13)15(11)17-14(18)7-6-10-4-5-10/h10-13,15H,1-9,16H2,(H,17,18). The third kappa shape index (κ3) is 2.87. The normalized spacial score (nSPS) is 39.4. The zero-order valence-electron chi connectivity index (χ0n) is 11.2. The van der Waals surface area contributed by atoms with Crippen LogP contribution in [0.3, 0.4) is 0 Å². The number of rotatable bonds is 4. The smallest absolute Gasteiger partial charge is 0.220 e. The summed E-state index contributed by atoms with van der Waals surface area (Å²) in [7, 11) is 0. The number of fused-ring (bicyclic) bond motifs is 2. The van der Waals surface area contributed by atoms with Gasteiger partial charge in [-0.25, -0.2) is 0 Å². The van der Waals surface area contributed by atoms with E-state index in [4.69, 9.17) is 5.73 Å². The van der Waals surface area contributed by atoms with Gasteiger partial charge in [0.25, 0.3) is 0 Å². The van der Waals surface area contributed by atoms with Crippen LogP contribution in [-0.2, 0) is 4.79 Å². The first kappa shape index (κ1) is 12.5. The van der Waals surface area contributed by atoms with Crippen LogP contribution in [-0.4, -0.2) is 18.0 Å². The average molecular weight is 250 g/mol. The minimum Gasteiger partial charge on any atom is -0.353 e. The van der Waals surface area contributed by atoms with Crippen LogP contribution in [0.15, 0.2) is 0 Å². The van der Waals surface area contributed by atoms with E-state index in [-0.39, 0.29) is 0 Å². The molecule has 0 aromatic heterocycles. The molecule has 2 bridgehead atoms. The van der Waals surface area contributed by atoms with Gasteiger partial charge in [-0.05, 0) is 49.9 Å². The van der Waals surface area contributed by atoms with Crippen molar-refractivity contribution in [1.29, 1.82) is 0 Å². The minimum atomic E-state index is 0.291. The van der Waals surface area contributed by atoms with Gasteiger partial charge >= 0.3 is 0 Å². The average Bonchev–Trinajstić information content (AvgIpc) is 3.11. The molecule has 3 heteroatoms. The van der Waals surface area contributed by atoms with E-state index < -0.39 is 0 Å². The number of carbonyl (C=O) groups excluding carboxylic acids is 1. The molecule has 0 aliphatic heterocycles. The first-order valence-corrected chi connectivity index (χ1v) is 7.77. The first-order valence-electron chi connectivity index (χ1n) is 7.77. The summed E-state index contributed by atoms with van der Waals surface area (Å²) in [5, 5.41) is 3.33. The SMILES string of the molecule is NC1CC2CCCC(C1)C2NC(=O)CCC1CC1. The zero-order valence-corrected chi connectivity index (χ0v) is 11.2. The number of nitrogens with two attached hydrogens (primary N) is 1. The van der Waals surface area contributed by atoms with Gasteiger partial charge in [0.2, 0.25) is 5.91 Å². The van der Waals surface area contributed by atoms with Crippen molar-refractivity contribution >= 4 is 5.91 Å². The Hall–Kier alpha value is -0.570. The van der Waals surface area contributed by atoms with E-state index in [2.05, 4.69) is 5.32 Å². The quantitative estimate of drug-likeness (QED) is 0.803. The highest BCUT2D eigenvalue weighted by atomic mass is 16.1.